The zero-order chi connectivity index (χ0) is 13.1. The highest BCUT2D eigenvalue weighted by molar-refractivity contribution is 6.18. The molecule has 18 heavy (non-hydrogen) atoms. The fourth-order valence-corrected chi connectivity index (χ4v) is 3.51. The Morgan fingerprint density at radius 1 is 1.22 bits per heavy atom. The van der Waals surface area contributed by atoms with Gasteiger partial charge in [-0.05, 0) is 32.1 Å². The molecule has 0 aliphatic heterocycles. The van der Waals surface area contributed by atoms with Crippen LogP contribution in [0.15, 0.2) is 0 Å². The van der Waals surface area contributed by atoms with Crippen LogP contribution in [0.2, 0.25) is 0 Å². The number of methoxy groups -OCH3 is 1. The molecular weight excluding hydrogens is 250 g/mol. The van der Waals surface area contributed by atoms with E-state index in [-0.39, 0.29) is 16.9 Å². The van der Waals surface area contributed by atoms with Gasteiger partial charge in [0, 0.05) is 24.9 Å². The number of ether oxygens (including phenoxy) is 1. The van der Waals surface area contributed by atoms with Crippen LogP contribution in [-0.2, 0) is 9.53 Å². The maximum atomic E-state index is 12.0. The van der Waals surface area contributed by atoms with Crippen LogP contribution in [0.5, 0.6) is 0 Å². The van der Waals surface area contributed by atoms with Crippen LogP contribution >= 0.6 is 11.6 Å². The van der Waals surface area contributed by atoms with Gasteiger partial charge in [0.25, 0.3) is 0 Å². The monoisotopic (exact) mass is 273 g/mol. The molecule has 0 radical (unpaired) electrons. The molecule has 2 aliphatic carbocycles. The van der Waals surface area contributed by atoms with Crippen LogP contribution in [0.1, 0.15) is 51.4 Å². The first-order chi connectivity index (χ1) is 8.64. The number of rotatable bonds is 6. The van der Waals surface area contributed by atoms with E-state index in [9.17, 15) is 4.79 Å². The van der Waals surface area contributed by atoms with Crippen molar-refractivity contribution in [1.82, 2.24) is 5.32 Å². The van der Waals surface area contributed by atoms with Crippen molar-refractivity contribution < 1.29 is 9.53 Å². The van der Waals surface area contributed by atoms with Crippen LogP contribution in [0.3, 0.4) is 0 Å². The molecule has 3 nitrogen and oxygen atoms in total. The molecular formula is C14H24ClNO2. The van der Waals surface area contributed by atoms with Crippen molar-refractivity contribution in [3.8, 4) is 0 Å². The van der Waals surface area contributed by atoms with Gasteiger partial charge in [0.05, 0.1) is 12.0 Å². The summed E-state index contributed by atoms with van der Waals surface area (Å²) in [6, 6.07) is 0. The Balaban J connectivity index is 1.77. The van der Waals surface area contributed by atoms with Crippen molar-refractivity contribution in [2.75, 3.05) is 19.5 Å². The van der Waals surface area contributed by atoms with Gasteiger partial charge in [-0.2, -0.15) is 0 Å². The minimum atomic E-state index is -0.173. The van der Waals surface area contributed by atoms with Crippen LogP contribution < -0.4 is 5.32 Å². The average Bonchev–Trinajstić information content (AvgIpc) is 2.81. The highest BCUT2D eigenvalue weighted by Gasteiger charge is 2.39. The first-order valence-electron chi connectivity index (χ1n) is 7.02. The standard InChI is InChI=1S/C14H24ClNO2/c1-18-14(7-4-8-14)9-12(17)16-11-13(10-15)5-2-3-6-13/h2-11H2,1H3,(H,16,17). The van der Waals surface area contributed by atoms with Crippen molar-refractivity contribution in [2.45, 2.75) is 57.0 Å². The summed E-state index contributed by atoms with van der Waals surface area (Å²) in [4.78, 5) is 12.0. The van der Waals surface area contributed by atoms with E-state index in [1.165, 1.54) is 19.3 Å². The quantitative estimate of drug-likeness (QED) is 0.756. The number of amides is 1. The topological polar surface area (TPSA) is 38.3 Å². The van der Waals surface area contributed by atoms with Gasteiger partial charge in [-0.1, -0.05) is 12.8 Å². The van der Waals surface area contributed by atoms with E-state index in [1.807, 2.05) is 0 Å². The highest BCUT2D eigenvalue weighted by atomic mass is 35.5. The summed E-state index contributed by atoms with van der Waals surface area (Å²) in [5.74, 6) is 0.774. The van der Waals surface area contributed by atoms with Crippen LogP contribution in [0.25, 0.3) is 0 Å². The molecule has 0 heterocycles. The van der Waals surface area contributed by atoms with Crippen molar-refractivity contribution >= 4 is 17.5 Å². The maximum Gasteiger partial charge on any atom is 0.222 e. The fourth-order valence-electron chi connectivity index (χ4n) is 3.15. The fraction of sp³-hybridized carbons (Fsp3) is 0.929. The van der Waals surface area contributed by atoms with Gasteiger partial charge in [-0.3, -0.25) is 4.79 Å². The molecule has 0 atom stereocenters. The number of alkyl halides is 1. The predicted molar refractivity (Wildman–Crippen MR) is 72.8 cm³/mol. The molecule has 0 saturated heterocycles. The molecule has 1 amide bonds. The Kier molecular flexibility index (Phi) is 4.54. The molecule has 0 unspecified atom stereocenters. The molecule has 0 bridgehead atoms. The van der Waals surface area contributed by atoms with E-state index in [0.717, 1.165) is 32.2 Å². The van der Waals surface area contributed by atoms with E-state index >= 15 is 0 Å². The number of carbonyl (C=O) groups excluding carboxylic acids is 1. The third kappa shape index (κ3) is 3.00. The molecule has 0 aromatic heterocycles. The Morgan fingerprint density at radius 2 is 1.89 bits per heavy atom. The first-order valence-corrected chi connectivity index (χ1v) is 7.55. The lowest BCUT2D eigenvalue weighted by Gasteiger charge is -2.40. The van der Waals surface area contributed by atoms with Gasteiger partial charge in [-0.15, -0.1) is 11.6 Å². The average molecular weight is 274 g/mol. The Hall–Kier alpha value is -0.280. The lowest BCUT2D eigenvalue weighted by Crippen LogP contribution is -2.45. The van der Waals surface area contributed by atoms with Gasteiger partial charge in [0.2, 0.25) is 5.91 Å². The molecule has 2 fully saturated rings. The Bertz CT molecular complexity index is 291. The summed E-state index contributed by atoms with van der Waals surface area (Å²) in [7, 11) is 1.71. The van der Waals surface area contributed by atoms with Crippen LogP contribution in [0, 0.1) is 5.41 Å². The summed E-state index contributed by atoms with van der Waals surface area (Å²) in [6.07, 6.45) is 8.47. The zero-order valence-electron chi connectivity index (χ0n) is 11.3. The summed E-state index contributed by atoms with van der Waals surface area (Å²) in [5.41, 5.74) is -0.0229. The SMILES string of the molecule is COC1(CC(=O)NCC2(CCl)CCCC2)CCC1. The van der Waals surface area contributed by atoms with E-state index < -0.39 is 0 Å². The highest BCUT2D eigenvalue weighted by Crippen LogP contribution is 2.39. The molecule has 104 valence electrons. The molecule has 4 heteroatoms. The Labute approximate surface area is 115 Å². The summed E-state index contributed by atoms with van der Waals surface area (Å²) >= 11 is 6.07. The van der Waals surface area contributed by atoms with E-state index in [4.69, 9.17) is 16.3 Å². The largest absolute Gasteiger partial charge is 0.378 e. The predicted octanol–water partition coefficient (Wildman–Crippen LogP) is 2.86. The second-order valence-corrected chi connectivity index (χ2v) is 6.30. The van der Waals surface area contributed by atoms with Gasteiger partial charge >= 0.3 is 0 Å². The van der Waals surface area contributed by atoms with Crippen LogP contribution in [0.4, 0.5) is 0 Å². The molecule has 2 rings (SSSR count). The third-order valence-electron chi connectivity index (χ3n) is 4.79. The van der Waals surface area contributed by atoms with Gasteiger partial charge in [-0.25, -0.2) is 0 Å². The molecule has 0 spiro atoms. The van der Waals surface area contributed by atoms with Crippen molar-refractivity contribution in [3.05, 3.63) is 0 Å². The normalized spacial score (nSPS) is 24.6. The number of halogens is 1. The number of carbonyl (C=O) groups is 1. The number of hydrogen-bond acceptors (Lipinski definition) is 2. The van der Waals surface area contributed by atoms with Crippen molar-refractivity contribution in [1.29, 1.82) is 0 Å². The van der Waals surface area contributed by atoms with Gasteiger partial charge < -0.3 is 10.1 Å². The lowest BCUT2D eigenvalue weighted by molar-refractivity contribution is -0.134. The van der Waals surface area contributed by atoms with E-state index in [1.54, 1.807) is 7.11 Å². The summed E-state index contributed by atoms with van der Waals surface area (Å²) in [6.45, 7) is 0.731. The van der Waals surface area contributed by atoms with Crippen molar-refractivity contribution in [3.63, 3.8) is 0 Å². The van der Waals surface area contributed by atoms with E-state index in [2.05, 4.69) is 5.32 Å². The summed E-state index contributed by atoms with van der Waals surface area (Å²) < 4.78 is 5.48. The number of nitrogens with one attached hydrogen (secondary N) is 1. The molecule has 0 aromatic rings. The molecule has 1 N–H and O–H groups in total. The minimum Gasteiger partial charge on any atom is -0.378 e. The zero-order valence-corrected chi connectivity index (χ0v) is 12.0. The lowest BCUT2D eigenvalue weighted by atomic mass is 9.77. The second-order valence-electron chi connectivity index (χ2n) is 6.03. The third-order valence-corrected chi connectivity index (χ3v) is 5.36. The van der Waals surface area contributed by atoms with Crippen LogP contribution in [-0.4, -0.2) is 31.0 Å². The minimum absolute atomic E-state index is 0.118. The molecule has 2 aliphatic rings. The summed E-state index contributed by atoms with van der Waals surface area (Å²) in [5, 5.41) is 3.07. The first kappa shape index (κ1) is 14.1. The van der Waals surface area contributed by atoms with Crippen molar-refractivity contribution in [2.24, 2.45) is 5.41 Å². The number of hydrogen-bond donors (Lipinski definition) is 1. The Morgan fingerprint density at radius 3 is 2.33 bits per heavy atom. The molecule has 0 aromatic carbocycles. The molecule has 2 saturated carbocycles. The smallest absolute Gasteiger partial charge is 0.222 e. The van der Waals surface area contributed by atoms with Gasteiger partial charge in [0.15, 0.2) is 0 Å². The maximum absolute atomic E-state index is 12.0. The van der Waals surface area contributed by atoms with Gasteiger partial charge in [0.1, 0.15) is 0 Å². The van der Waals surface area contributed by atoms with E-state index in [0.29, 0.717) is 12.3 Å². The second kappa shape index (κ2) is 5.79.